The molecule has 0 saturated carbocycles. The molecule has 1 amide bonds. The molecule has 128 valence electrons. The summed E-state index contributed by atoms with van der Waals surface area (Å²) in [7, 11) is 1.37. The third-order valence-electron chi connectivity index (χ3n) is 4.01. The van der Waals surface area contributed by atoms with Crippen molar-refractivity contribution >= 4 is 24.0 Å². The molecule has 8 heteroatoms. The first-order chi connectivity index (χ1) is 10.6. The molecular weight excluding hydrogens is 322 g/mol. The Morgan fingerprint density at radius 3 is 2.83 bits per heavy atom. The second-order valence-corrected chi connectivity index (χ2v) is 5.37. The van der Waals surface area contributed by atoms with E-state index in [4.69, 9.17) is 10.5 Å². The van der Waals surface area contributed by atoms with Gasteiger partial charge in [-0.1, -0.05) is 0 Å². The summed E-state index contributed by atoms with van der Waals surface area (Å²) in [6.07, 6.45) is 3.72. The molecule has 1 unspecified atom stereocenters. The molecule has 2 N–H and O–H groups in total. The van der Waals surface area contributed by atoms with E-state index >= 15 is 0 Å². The molecule has 1 aliphatic rings. The second-order valence-electron chi connectivity index (χ2n) is 5.37. The van der Waals surface area contributed by atoms with Gasteiger partial charge in [0, 0.05) is 24.2 Å². The fourth-order valence-electron chi connectivity index (χ4n) is 2.89. The molecule has 7 nitrogen and oxygen atoms in total. The summed E-state index contributed by atoms with van der Waals surface area (Å²) in [5.74, 6) is -0.0254. The summed E-state index contributed by atoms with van der Waals surface area (Å²) in [5, 5.41) is 11.1. The Hall–Kier alpha value is -1.86. The standard InChI is InChI=1S/C15H21N3O4.ClH/c1-22-14-6-5-11(10-13(14)18(20)21)15(19)17-9-3-2-4-12(17)7-8-16;/h5-6,10,12H,2-4,7-9,16H2,1H3;1H. The van der Waals surface area contributed by atoms with E-state index in [1.165, 1.54) is 19.2 Å². The van der Waals surface area contributed by atoms with Crippen LogP contribution in [-0.2, 0) is 0 Å². The van der Waals surface area contributed by atoms with Crippen molar-refractivity contribution in [2.75, 3.05) is 20.2 Å². The summed E-state index contributed by atoms with van der Waals surface area (Å²) < 4.78 is 4.96. The maximum atomic E-state index is 12.7. The third-order valence-corrected chi connectivity index (χ3v) is 4.01. The molecule has 0 aromatic heterocycles. The average molecular weight is 344 g/mol. The van der Waals surface area contributed by atoms with Gasteiger partial charge in [0.15, 0.2) is 5.75 Å². The lowest BCUT2D eigenvalue weighted by molar-refractivity contribution is -0.385. The van der Waals surface area contributed by atoms with Crippen molar-refractivity contribution in [1.29, 1.82) is 0 Å². The number of hydrogen-bond donors (Lipinski definition) is 1. The lowest BCUT2D eigenvalue weighted by Crippen LogP contribution is -2.44. The predicted molar refractivity (Wildman–Crippen MR) is 89.2 cm³/mol. The fourth-order valence-corrected chi connectivity index (χ4v) is 2.89. The number of rotatable bonds is 5. The summed E-state index contributed by atoms with van der Waals surface area (Å²) in [5.41, 5.74) is 5.74. The number of carbonyl (C=O) groups is 1. The van der Waals surface area contributed by atoms with Crippen molar-refractivity contribution in [3.63, 3.8) is 0 Å². The Morgan fingerprint density at radius 1 is 1.48 bits per heavy atom. The van der Waals surface area contributed by atoms with Crippen LogP contribution in [0.3, 0.4) is 0 Å². The number of nitro benzene ring substituents is 1. The maximum absolute atomic E-state index is 12.7. The number of likely N-dealkylation sites (tertiary alicyclic amines) is 1. The number of benzene rings is 1. The van der Waals surface area contributed by atoms with Crippen molar-refractivity contribution < 1.29 is 14.5 Å². The van der Waals surface area contributed by atoms with Crippen LogP contribution in [0.5, 0.6) is 5.75 Å². The number of halogens is 1. The lowest BCUT2D eigenvalue weighted by atomic mass is 9.98. The van der Waals surface area contributed by atoms with Gasteiger partial charge in [0.05, 0.1) is 12.0 Å². The van der Waals surface area contributed by atoms with Gasteiger partial charge in [-0.3, -0.25) is 14.9 Å². The Labute approximate surface area is 141 Å². The average Bonchev–Trinajstić information content (AvgIpc) is 2.54. The summed E-state index contributed by atoms with van der Waals surface area (Å²) in [6.45, 7) is 1.19. The van der Waals surface area contributed by atoms with Crippen molar-refractivity contribution in [3.8, 4) is 5.75 Å². The van der Waals surface area contributed by atoms with Crippen molar-refractivity contribution in [2.45, 2.75) is 31.7 Å². The lowest BCUT2D eigenvalue weighted by Gasteiger charge is -2.35. The topological polar surface area (TPSA) is 98.7 Å². The Morgan fingerprint density at radius 2 is 2.22 bits per heavy atom. The van der Waals surface area contributed by atoms with Crippen LogP contribution >= 0.6 is 12.4 Å². The van der Waals surface area contributed by atoms with Gasteiger partial charge >= 0.3 is 5.69 Å². The minimum Gasteiger partial charge on any atom is -0.490 e. The zero-order valence-corrected chi connectivity index (χ0v) is 13.9. The molecule has 1 atom stereocenters. The molecule has 1 heterocycles. The Bertz CT molecular complexity index is 566. The predicted octanol–water partition coefficient (Wildman–Crippen LogP) is 2.37. The minimum absolute atomic E-state index is 0. The van der Waals surface area contributed by atoms with Crippen LogP contribution in [0, 0.1) is 10.1 Å². The molecule has 23 heavy (non-hydrogen) atoms. The van der Waals surface area contributed by atoms with Crippen LogP contribution in [0.25, 0.3) is 0 Å². The molecule has 0 radical (unpaired) electrons. The SMILES string of the molecule is COc1ccc(C(=O)N2CCCCC2CCN)cc1[N+](=O)[O-].Cl. The van der Waals surface area contributed by atoms with Gasteiger partial charge in [-0.15, -0.1) is 12.4 Å². The number of nitro groups is 1. The fraction of sp³-hybridized carbons (Fsp3) is 0.533. The molecule has 1 aromatic carbocycles. The summed E-state index contributed by atoms with van der Waals surface area (Å²) in [4.78, 5) is 25.0. The van der Waals surface area contributed by atoms with E-state index in [-0.39, 0.29) is 35.8 Å². The first-order valence-electron chi connectivity index (χ1n) is 7.42. The molecule has 0 spiro atoms. The number of carbonyl (C=O) groups excluding carboxylic acids is 1. The van der Waals surface area contributed by atoms with E-state index in [1.807, 2.05) is 0 Å². The quantitative estimate of drug-likeness (QED) is 0.653. The molecular formula is C15H22ClN3O4. The van der Waals surface area contributed by atoms with E-state index in [0.29, 0.717) is 18.7 Å². The van der Waals surface area contributed by atoms with E-state index in [9.17, 15) is 14.9 Å². The first-order valence-corrected chi connectivity index (χ1v) is 7.42. The van der Waals surface area contributed by atoms with Crippen molar-refractivity contribution in [2.24, 2.45) is 5.73 Å². The van der Waals surface area contributed by atoms with E-state index in [2.05, 4.69) is 0 Å². The van der Waals surface area contributed by atoms with Crippen LogP contribution in [-0.4, -0.2) is 42.0 Å². The monoisotopic (exact) mass is 343 g/mol. The van der Waals surface area contributed by atoms with Gasteiger partial charge in [-0.25, -0.2) is 0 Å². The van der Waals surface area contributed by atoms with Gasteiger partial charge in [-0.2, -0.15) is 0 Å². The summed E-state index contributed by atoms with van der Waals surface area (Å²) >= 11 is 0. The molecule has 1 saturated heterocycles. The molecule has 0 aliphatic carbocycles. The van der Waals surface area contributed by atoms with Gasteiger partial charge in [0.2, 0.25) is 0 Å². The summed E-state index contributed by atoms with van der Waals surface area (Å²) in [6, 6.07) is 4.44. The number of hydrogen-bond acceptors (Lipinski definition) is 5. The van der Waals surface area contributed by atoms with E-state index in [0.717, 1.165) is 25.7 Å². The maximum Gasteiger partial charge on any atom is 0.311 e. The highest BCUT2D eigenvalue weighted by Crippen LogP contribution is 2.29. The zero-order valence-electron chi connectivity index (χ0n) is 13.1. The number of ether oxygens (including phenoxy) is 1. The van der Waals surface area contributed by atoms with Crippen LogP contribution in [0.15, 0.2) is 18.2 Å². The third kappa shape index (κ3) is 4.33. The molecule has 1 fully saturated rings. The largest absolute Gasteiger partial charge is 0.490 e. The van der Waals surface area contributed by atoms with Crippen LogP contribution in [0.1, 0.15) is 36.0 Å². The molecule has 1 aliphatic heterocycles. The number of amides is 1. The second kappa shape index (κ2) is 8.69. The van der Waals surface area contributed by atoms with Crippen molar-refractivity contribution in [1.82, 2.24) is 4.90 Å². The molecule has 0 bridgehead atoms. The van der Waals surface area contributed by atoms with E-state index in [1.54, 1.807) is 11.0 Å². The van der Waals surface area contributed by atoms with Crippen LogP contribution < -0.4 is 10.5 Å². The normalized spacial score (nSPS) is 17.3. The zero-order chi connectivity index (χ0) is 16.1. The number of piperidine rings is 1. The van der Waals surface area contributed by atoms with Gasteiger partial charge in [0.1, 0.15) is 0 Å². The Kier molecular flexibility index (Phi) is 7.25. The highest BCUT2D eigenvalue weighted by molar-refractivity contribution is 5.95. The van der Waals surface area contributed by atoms with Gasteiger partial charge in [0.25, 0.3) is 5.91 Å². The van der Waals surface area contributed by atoms with E-state index < -0.39 is 4.92 Å². The molecule has 1 aromatic rings. The highest BCUT2D eigenvalue weighted by Gasteiger charge is 2.28. The minimum atomic E-state index is -0.539. The first kappa shape index (κ1) is 19.2. The Balaban J connectivity index is 0.00000264. The van der Waals surface area contributed by atoms with Crippen molar-refractivity contribution in [3.05, 3.63) is 33.9 Å². The number of nitrogens with zero attached hydrogens (tertiary/aromatic N) is 2. The van der Waals surface area contributed by atoms with Gasteiger partial charge in [-0.05, 0) is 44.4 Å². The highest BCUT2D eigenvalue weighted by atomic mass is 35.5. The molecule has 2 rings (SSSR count). The number of nitrogens with two attached hydrogens (primary N) is 1. The van der Waals surface area contributed by atoms with Crippen LogP contribution in [0.4, 0.5) is 5.69 Å². The smallest absolute Gasteiger partial charge is 0.311 e. The number of methoxy groups -OCH3 is 1. The van der Waals surface area contributed by atoms with Crippen LogP contribution in [0.2, 0.25) is 0 Å². The van der Waals surface area contributed by atoms with Gasteiger partial charge < -0.3 is 15.4 Å².